The van der Waals surface area contributed by atoms with Crippen LogP contribution in [0.3, 0.4) is 0 Å². The predicted molar refractivity (Wildman–Crippen MR) is 106 cm³/mol. The average Bonchev–Trinajstić information content (AvgIpc) is 2.60. The first-order chi connectivity index (χ1) is 11.6. The first kappa shape index (κ1) is 18.8. The topological polar surface area (TPSA) is 53.4 Å². The lowest BCUT2D eigenvalue weighted by Crippen LogP contribution is -2.35. The molecule has 0 fully saturated rings. The fraction of sp³-hybridized carbons (Fsp3) is 0.222. The van der Waals surface area contributed by atoms with Crippen molar-refractivity contribution in [3.05, 3.63) is 65.5 Å². The lowest BCUT2D eigenvalue weighted by Gasteiger charge is -2.21. The molecule has 0 radical (unpaired) electrons. The third-order valence-electron chi connectivity index (χ3n) is 3.36. The Morgan fingerprint density at radius 2 is 2.12 bits per heavy atom. The van der Waals surface area contributed by atoms with Crippen LogP contribution in [0.5, 0.6) is 0 Å². The number of carbonyl (C=O) groups excluding carboxylic acids is 1. The van der Waals surface area contributed by atoms with Crippen LogP contribution in [0.4, 0.5) is 0 Å². The monoisotopic (exact) mass is 452 g/mol. The van der Waals surface area contributed by atoms with Gasteiger partial charge in [-0.25, -0.2) is 0 Å². The van der Waals surface area contributed by atoms with Crippen LogP contribution in [0.2, 0.25) is 0 Å². The number of carbonyl (C=O) groups is 1. The molecule has 2 aromatic rings. The minimum atomic E-state index is -0.618. The second kappa shape index (κ2) is 9.67. The number of rotatable bonds is 5. The van der Waals surface area contributed by atoms with Crippen molar-refractivity contribution in [3.63, 3.8) is 0 Å². The second-order valence-corrected chi connectivity index (χ2v) is 6.98. The van der Waals surface area contributed by atoms with E-state index in [1.807, 2.05) is 30.3 Å². The summed E-state index contributed by atoms with van der Waals surface area (Å²) in [7, 11) is 3.06. The number of hydrogen-bond acceptors (Lipinski definition) is 4. The molecule has 0 aliphatic heterocycles. The Morgan fingerprint density at radius 3 is 2.83 bits per heavy atom. The lowest BCUT2D eigenvalue weighted by molar-refractivity contribution is 0.0681. The molecule has 1 heterocycles. The van der Waals surface area contributed by atoms with Crippen LogP contribution in [-0.2, 0) is 6.42 Å². The highest BCUT2D eigenvalue weighted by Gasteiger charge is 2.16. The molecule has 6 heteroatoms. The molecular weight excluding hydrogens is 435 g/mol. The summed E-state index contributed by atoms with van der Waals surface area (Å²) in [5.41, 5.74) is 2.21. The molecule has 0 aliphatic rings. The number of nitrogens with zero attached hydrogens (tertiary/aromatic N) is 2. The SMILES string of the molecule is CN(CC(O)Cc1ccccc1)C(=O)c1cncc(C#CSI)c1. The Morgan fingerprint density at radius 1 is 1.38 bits per heavy atom. The van der Waals surface area contributed by atoms with Crippen molar-refractivity contribution < 1.29 is 9.90 Å². The van der Waals surface area contributed by atoms with E-state index in [0.717, 1.165) is 5.56 Å². The molecule has 0 saturated carbocycles. The number of aliphatic hydroxyl groups is 1. The zero-order chi connectivity index (χ0) is 17.4. The maximum absolute atomic E-state index is 12.5. The maximum Gasteiger partial charge on any atom is 0.255 e. The van der Waals surface area contributed by atoms with Gasteiger partial charge >= 0.3 is 0 Å². The number of aromatic nitrogens is 1. The highest BCUT2D eigenvalue weighted by atomic mass is 127. The van der Waals surface area contributed by atoms with Crippen molar-refractivity contribution in [2.75, 3.05) is 13.6 Å². The summed E-state index contributed by atoms with van der Waals surface area (Å²) in [6.45, 7) is 0.257. The number of pyridine rings is 1. The van der Waals surface area contributed by atoms with Crippen molar-refractivity contribution in [2.24, 2.45) is 0 Å². The van der Waals surface area contributed by atoms with E-state index in [2.05, 4.69) is 37.4 Å². The number of aliphatic hydroxyl groups excluding tert-OH is 1. The standard InChI is InChI=1S/C18H17IN2O2S/c1-21(13-17(22)10-14-5-3-2-4-6-14)18(23)16-9-15(7-8-24-19)11-20-12-16/h2-6,9,11-12,17,22H,10,13H2,1H3. The third kappa shape index (κ3) is 5.82. The summed E-state index contributed by atoms with van der Waals surface area (Å²) < 4.78 is 0. The molecule has 0 aliphatic carbocycles. The van der Waals surface area contributed by atoms with Crippen molar-refractivity contribution in [1.29, 1.82) is 0 Å². The number of halogens is 1. The van der Waals surface area contributed by atoms with Gasteiger partial charge in [0.1, 0.15) is 0 Å². The summed E-state index contributed by atoms with van der Waals surface area (Å²) in [5, 5.41) is 13.1. The summed E-state index contributed by atoms with van der Waals surface area (Å²) in [5.74, 6) is 2.74. The fourth-order valence-electron chi connectivity index (χ4n) is 2.27. The van der Waals surface area contributed by atoms with Crippen LogP contribution in [0, 0.1) is 11.2 Å². The van der Waals surface area contributed by atoms with Gasteiger partial charge in [-0.15, -0.1) is 0 Å². The van der Waals surface area contributed by atoms with Gasteiger partial charge in [0.2, 0.25) is 0 Å². The molecule has 0 saturated heterocycles. The van der Waals surface area contributed by atoms with E-state index in [9.17, 15) is 9.90 Å². The van der Waals surface area contributed by atoms with E-state index in [0.29, 0.717) is 17.5 Å². The van der Waals surface area contributed by atoms with Crippen LogP contribution >= 0.6 is 30.1 Å². The largest absolute Gasteiger partial charge is 0.391 e. The minimum absolute atomic E-state index is 0.180. The smallest absolute Gasteiger partial charge is 0.255 e. The van der Waals surface area contributed by atoms with E-state index in [4.69, 9.17) is 0 Å². The Kier molecular flexibility index (Phi) is 7.56. The molecule has 1 N–H and O–H groups in total. The molecule has 1 unspecified atom stereocenters. The molecule has 124 valence electrons. The van der Waals surface area contributed by atoms with Crippen LogP contribution in [-0.4, -0.2) is 40.6 Å². The normalized spacial score (nSPS) is 11.3. The van der Waals surface area contributed by atoms with Crippen LogP contribution in [0.1, 0.15) is 21.5 Å². The van der Waals surface area contributed by atoms with E-state index < -0.39 is 6.10 Å². The van der Waals surface area contributed by atoms with Crippen LogP contribution in [0.25, 0.3) is 0 Å². The number of likely N-dealkylation sites (N-methyl/N-ethyl adjacent to an activating group) is 1. The van der Waals surface area contributed by atoms with E-state index in [1.165, 1.54) is 20.0 Å². The van der Waals surface area contributed by atoms with Gasteiger partial charge in [0, 0.05) is 59.2 Å². The summed E-state index contributed by atoms with van der Waals surface area (Å²) in [4.78, 5) is 18.1. The Bertz CT molecular complexity index is 743. The van der Waals surface area contributed by atoms with Gasteiger partial charge in [-0.3, -0.25) is 9.78 Å². The Balaban J connectivity index is 1.99. The molecule has 2 rings (SSSR count). The van der Waals surface area contributed by atoms with Gasteiger partial charge in [0.15, 0.2) is 0 Å². The van der Waals surface area contributed by atoms with Gasteiger partial charge in [-0.05, 0) is 25.8 Å². The third-order valence-corrected chi connectivity index (χ3v) is 4.20. The van der Waals surface area contributed by atoms with Crippen molar-refractivity contribution in [3.8, 4) is 11.2 Å². The molecule has 24 heavy (non-hydrogen) atoms. The highest BCUT2D eigenvalue weighted by molar-refractivity contribution is 14.2. The summed E-state index contributed by atoms with van der Waals surface area (Å²) in [6.07, 6.45) is 3.04. The van der Waals surface area contributed by atoms with E-state index in [-0.39, 0.29) is 12.5 Å². The van der Waals surface area contributed by atoms with Gasteiger partial charge in [-0.1, -0.05) is 36.3 Å². The van der Waals surface area contributed by atoms with Crippen LogP contribution in [0.15, 0.2) is 48.8 Å². The number of amides is 1. The summed E-state index contributed by atoms with van der Waals surface area (Å²) in [6, 6.07) is 11.4. The zero-order valence-corrected chi connectivity index (χ0v) is 16.1. The second-order valence-electron chi connectivity index (χ2n) is 5.30. The molecular formula is C18H17IN2O2S. The van der Waals surface area contributed by atoms with E-state index >= 15 is 0 Å². The molecule has 1 amide bonds. The molecule has 0 spiro atoms. The van der Waals surface area contributed by atoms with E-state index in [1.54, 1.807) is 19.3 Å². The van der Waals surface area contributed by atoms with Crippen molar-refractivity contribution >= 4 is 36.0 Å². The summed E-state index contributed by atoms with van der Waals surface area (Å²) >= 11 is 2.09. The fourth-order valence-corrected chi connectivity index (χ4v) is 2.76. The highest BCUT2D eigenvalue weighted by Crippen LogP contribution is 2.10. The number of benzene rings is 1. The molecule has 0 bridgehead atoms. The van der Waals surface area contributed by atoms with Gasteiger partial charge in [0.25, 0.3) is 5.91 Å². The Labute approximate surface area is 158 Å². The predicted octanol–water partition coefficient (Wildman–Crippen LogP) is 3.15. The average molecular weight is 452 g/mol. The lowest BCUT2D eigenvalue weighted by atomic mass is 10.1. The quantitative estimate of drug-likeness (QED) is 0.560. The van der Waals surface area contributed by atoms with Crippen molar-refractivity contribution in [2.45, 2.75) is 12.5 Å². The van der Waals surface area contributed by atoms with Crippen LogP contribution < -0.4 is 0 Å². The first-order valence-electron chi connectivity index (χ1n) is 7.31. The molecule has 1 aromatic carbocycles. The van der Waals surface area contributed by atoms with Crippen molar-refractivity contribution in [1.82, 2.24) is 9.88 Å². The minimum Gasteiger partial charge on any atom is -0.391 e. The van der Waals surface area contributed by atoms with Gasteiger partial charge < -0.3 is 10.0 Å². The van der Waals surface area contributed by atoms with Gasteiger partial charge in [-0.2, -0.15) is 0 Å². The molecule has 1 aromatic heterocycles. The van der Waals surface area contributed by atoms with Gasteiger partial charge in [0.05, 0.1) is 11.7 Å². The zero-order valence-electron chi connectivity index (χ0n) is 13.1. The molecule has 1 atom stereocenters. The Hall–Kier alpha value is -1.56. The number of hydrogen-bond donors (Lipinski definition) is 1. The maximum atomic E-state index is 12.5. The first-order valence-corrected chi connectivity index (χ1v) is 10.7. The molecule has 4 nitrogen and oxygen atoms in total.